The molecule has 0 radical (unpaired) electrons. The Labute approximate surface area is 159 Å². The summed E-state index contributed by atoms with van der Waals surface area (Å²) in [6.07, 6.45) is -1.71. The van der Waals surface area contributed by atoms with Crippen LogP contribution in [0.5, 0.6) is 0 Å². The SMILES string of the molecule is CN=C(NCCCOCC(F)(F)F)NC1CCN(Cc2ccccc2)CC1. The summed E-state index contributed by atoms with van der Waals surface area (Å²) in [7, 11) is 1.69. The van der Waals surface area contributed by atoms with Crippen molar-refractivity contribution in [2.24, 2.45) is 4.99 Å². The highest BCUT2D eigenvalue weighted by Gasteiger charge is 2.27. The highest BCUT2D eigenvalue weighted by Crippen LogP contribution is 2.15. The molecular formula is C19H29F3N4O. The van der Waals surface area contributed by atoms with E-state index in [2.05, 4.69) is 49.5 Å². The van der Waals surface area contributed by atoms with Crippen LogP contribution in [0.4, 0.5) is 13.2 Å². The van der Waals surface area contributed by atoms with E-state index in [1.165, 1.54) is 5.56 Å². The molecule has 8 heteroatoms. The monoisotopic (exact) mass is 386 g/mol. The molecule has 5 nitrogen and oxygen atoms in total. The van der Waals surface area contributed by atoms with Gasteiger partial charge in [0, 0.05) is 45.9 Å². The average Bonchev–Trinajstić information content (AvgIpc) is 2.65. The first-order valence-electron chi connectivity index (χ1n) is 9.34. The molecule has 1 aromatic carbocycles. The van der Waals surface area contributed by atoms with Gasteiger partial charge in [0.05, 0.1) is 0 Å². The molecule has 0 aliphatic carbocycles. The normalized spacial score (nSPS) is 17.1. The lowest BCUT2D eigenvalue weighted by Crippen LogP contribution is -2.48. The van der Waals surface area contributed by atoms with Crippen molar-refractivity contribution in [2.75, 3.05) is 39.9 Å². The number of nitrogens with zero attached hydrogens (tertiary/aromatic N) is 2. The van der Waals surface area contributed by atoms with E-state index >= 15 is 0 Å². The number of likely N-dealkylation sites (tertiary alicyclic amines) is 1. The lowest BCUT2D eigenvalue weighted by molar-refractivity contribution is -0.173. The van der Waals surface area contributed by atoms with Gasteiger partial charge in [-0.05, 0) is 24.8 Å². The lowest BCUT2D eigenvalue weighted by Gasteiger charge is -2.33. The van der Waals surface area contributed by atoms with E-state index < -0.39 is 12.8 Å². The van der Waals surface area contributed by atoms with Crippen LogP contribution in [0.3, 0.4) is 0 Å². The van der Waals surface area contributed by atoms with Gasteiger partial charge in [0.1, 0.15) is 6.61 Å². The molecule has 1 fully saturated rings. The summed E-state index contributed by atoms with van der Waals surface area (Å²) >= 11 is 0. The van der Waals surface area contributed by atoms with Crippen molar-refractivity contribution in [1.82, 2.24) is 15.5 Å². The Morgan fingerprint density at radius 3 is 2.56 bits per heavy atom. The lowest BCUT2D eigenvalue weighted by atomic mass is 10.0. The van der Waals surface area contributed by atoms with Crippen LogP contribution in [0.25, 0.3) is 0 Å². The van der Waals surface area contributed by atoms with Crippen LogP contribution < -0.4 is 10.6 Å². The summed E-state index contributed by atoms with van der Waals surface area (Å²) in [5.74, 6) is 0.687. The van der Waals surface area contributed by atoms with Crippen molar-refractivity contribution in [1.29, 1.82) is 0 Å². The number of hydrogen-bond acceptors (Lipinski definition) is 3. The molecule has 1 aromatic rings. The summed E-state index contributed by atoms with van der Waals surface area (Å²) < 4.78 is 40.5. The van der Waals surface area contributed by atoms with Crippen molar-refractivity contribution in [3.8, 4) is 0 Å². The van der Waals surface area contributed by atoms with Gasteiger partial charge < -0.3 is 15.4 Å². The molecular weight excluding hydrogens is 357 g/mol. The predicted octanol–water partition coefficient (Wildman–Crippen LogP) is 2.79. The van der Waals surface area contributed by atoms with Gasteiger partial charge in [0.15, 0.2) is 5.96 Å². The molecule has 152 valence electrons. The van der Waals surface area contributed by atoms with Crippen molar-refractivity contribution >= 4 is 5.96 Å². The number of aliphatic imine (C=N–C) groups is 1. The first-order chi connectivity index (χ1) is 13.0. The Morgan fingerprint density at radius 2 is 1.93 bits per heavy atom. The van der Waals surface area contributed by atoms with Gasteiger partial charge in [-0.3, -0.25) is 9.89 Å². The molecule has 27 heavy (non-hydrogen) atoms. The number of ether oxygens (including phenoxy) is 1. The number of piperidine rings is 1. The third-order valence-corrected chi connectivity index (χ3v) is 4.42. The summed E-state index contributed by atoms with van der Waals surface area (Å²) in [4.78, 5) is 6.63. The van der Waals surface area contributed by atoms with Crippen molar-refractivity contribution in [3.05, 3.63) is 35.9 Å². The van der Waals surface area contributed by atoms with Crippen LogP contribution in [-0.2, 0) is 11.3 Å². The molecule has 0 aromatic heterocycles. The number of benzene rings is 1. The highest BCUT2D eigenvalue weighted by molar-refractivity contribution is 5.79. The molecule has 0 amide bonds. The fourth-order valence-electron chi connectivity index (χ4n) is 3.03. The standard InChI is InChI=1S/C19H29F3N4O/c1-23-18(24-10-5-13-27-15-19(20,21)22)25-17-8-11-26(12-9-17)14-16-6-3-2-4-7-16/h2-4,6-7,17H,5,8-15H2,1H3,(H2,23,24,25). The topological polar surface area (TPSA) is 48.9 Å². The van der Waals surface area contributed by atoms with Crippen molar-refractivity contribution in [3.63, 3.8) is 0 Å². The zero-order chi connectivity index (χ0) is 19.5. The second-order valence-electron chi connectivity index (χ2n) is 6.70. The summed E-state index contributed by atoms with van der Waals surface area (Å²) in [5, 5.41) is 6.53. The van der Waals surface area contributed by atoms with Gasteiger partial charge in [-0.2, -0.15) is 13.2 Å². The molecule has 0 atom stereocenters. The maximum atomic E-state index is 12.0. The second kappa shape index (κ2) is 11.1. The summed E-state index contributed by atoms with van der Waals surface area (Å²) in [6, 6.07) is 10.8. The number of nitrogens with one attached hydrogen (secondary N) is 2. The van der Waals surface area contributed by atoms with Gasteiger partial charge in [-0.15, -0.1) is 0 Å². The van der Waals surface area contributed by atoms with E-state index in [4.69, 9.17) is 0 Å². The first kappa shape index (κ1) is 21.5. The second-order valence-corrected chi connectivity index (χ2v) is 6.70. The number of alkyl halides is 3. The van der Waals surface area contributed by atoms with E-state index in [0.29, 0.717) is 25.0 Å². The van der Waals surface area contributed by atoms with Crippen LogP contribution in [0.1, 0.15) is 24.8 Å². The Balaban J connectivity index is 1.59. The molecule has 0 unspecified atom stereocenters. The van der Waals surface area contributed by atoms with Crippen LogP contribution >= 0.6 is 0 Å². The molecule has 1 heterocycles. The van der Waals surface area contributed by atoms with E-state index in [0.717, 1.165) is 32.5 Å². The zero-order valence-corrected chi connectivity index (χ0v) is 15.8. The molecule has 0 spiro atoms. The Hall–Kier alpha value is -1.80. The van der Waals surface area contributed by atoms with Crippen LogP contribution in [-0.4, -0.2) is 63.0 Å². The molecule has 0 saturated carbocycles. The van der Waals surface area contributed by atoms with Gasteiger partial charge >= 0.3 is 6.18 Å². The maximum absolute atomic E-state index is 12.0. The quantitative estimate of drug-likeness (QED) is 0.410. The zero-order valence-electron chi connectivity index (χ0n) is 15.8. The Bertz CT molecular complexity index is 558. The first-order valence-corrected chi connectivity index (χ1v) is 9.34. The van der Waals surface area contributed by atoms with Gasteiger partial charge in [0.2, 0.25) is 0 Å². The fourth-order valence-corrected chi connectivity index (χ4v) is 3.03. The largest absolute Gasteiger partial charge is 0.411 e. The van der Waals surface area contributed by atoms with E-state index in [1.807, 2.05) is 6.07 Å². The molecule has 1 aliphatic heterocycles. The number of hydrogen-bond donors (Lipinski definition) is 2. The third-order valence-electron chi connectivity index (χ3n) is 4.42. The van der Waals surface area contributed by atoms with E-state index in [-0.39, 0.29) is 6.61 Å². The maximum Gasteiger partial charge on any atom is 0.411 e. The van der Waals surface area contributed by atoms with Gasteiger partial charge in [-0.25, -0.2) is 0 Å². The molecule has 1 aliphatic rings. The minimum absolute atomic E-state index is 0.0708. The van der Waals surface area contributed by atoms with E-state index in [9.17, 15) is 13.2 Å². The van der Waals surface area contributed by atoms with Crippen LogP contribution in [0, 0.1) is 0 Å². The van der Waals surface area contributed by atoms with E-state index in [1.54, 1.807) is 7.05 Å². The smallest absolute Gasteiger partial charge is 0.372 e. The highest BCUT2D eigenvalue weighted by atomic mass is 19.4. The van der Waals surface area contributed by atoms with Crippen LogP contribution in [0.2, 0.25) is 0 Å². The van der Waals surface area contributed by atoms with Crippen LogP contribution in [0.15, 0.2) is 35.3 Å². The fraction of sp³-hybridized carbons (Fsp3) is 0.632. The Morgan fingerprint density at radius 1 is 1.22 bits per heavy atom. The van der Waals surface area contributed by atoms with Crippen molar-refractivity contribution in [2.45, 2.75) is 38.0 Å². The van der Waals surface area contributed by atoms with Crippen molar-refractivity contribution < 1.29 is 17.9 Å². The molecule has 1 saturated heterocycles. The minimum Gasteiger partial charge on any atom is -0.372 e. The summed E-state index contributed by atoms with van der Waals surface area (Å²) in [5.41, 5.74) is 1.33. The predicted molar refractivity (Wildman–Crippen MR) is 101 cm³/mol. The summed E-state index contributed by atoms with van der Waals surface area (Å²) in [6.45, 7) is 2.41. The number of rotatable bonds is 8. The molecule has 0 bridgehead atoms. The van der Waals surface area contributed by atoms with Gasteiger partial charge in [-0.1, -0.05) is 30.3 Å². The molecule has 2 rings (SSSR count). The number of halogens is 3. The average molecular weight is 386 g/mol. The minimum atomic E-state index is -4.26. The third kappa shape index (κ3) is 9.10. The number of guanidine groups is 1. The molecule has 2 N–H and O–H groups in total. The van der Waals surface area contributed by atoms with Gasteiger partial charge in [0.25, 0.3) is 0 Å². The Kier molecular flexibility index (Phi) is 8.87.